The van der Waals surface area contributed by atoms with Crippen LogP contribution in [-0.4, -0.2) is 11.7 Å². The summed E-state index contributed by atoms with van der Waals surface area (Å²) in [5.74, 6) is 0.560. The monoisotopic (exact) mass is 344 g/mol. The SMILES string of the molecule is CCCCC(CC)CO.Cl.[C-]1=CC=CC1.[C-]1=CC=CC1.[Ti+2]. The predicted octanol–water partition coefficient (Wildman–Crippen LogP) is 5.23. The second-order valence-electron chi connectivity index (χ2n) is 4.61. The Bertz CT molecular complexity index is 250. The standard InChI is InChI=1S/C8H18O.2C5H5.ClH.Ti/c1-3-5-6-8(4-2)7-9;2*1-2-4-5-3-1;;/h8-9H,3-7H2,1-2H3;2*1-3H,4H2;1H;/q;2*-1;;+2. The van der Waals surface area contributed by atoms with Gasteiger partial charge >= 0.3 is 21.7 Å². The van der Waals surface area contributed by atoms with Crippen molar-refractivity contribution < 1.29 is 26.8 Å². The van der Waals surface area contributed by atoms with E-state index in [1.54, 1.807) is 0 Å². The summed E-state index contributed by atoms with van der Waals surface area (Å²) in [4.78, 5) is 0. The van der Waals surface area contributed by atoms with Crippen LogP contribution < -0.4 is 0 Å². The molecule has 0 saturated heterocycles. The van der Waals surface area contributed by atoms with E-state index in [9.17, 15) is 0 Å². The van der Waals surface area contributed by atoms with Crippen LogP contribution in [0.3, 0.4) is 0 Å². The van der Waals surface area contributed by atoms with Gasteiger partial charge in [0.15, 0.2) is 0 Å². The Balaban J connectivity index is -0.000000232. The van der Waals surface area contributed by atoms with Crippen molar-refractivity contribution in [1.82, 2.24) is 0 Å². The summed E-state index contributed by atoms with van der Waals surface area (Å²) < 4.78 is 0. The molecule has 1 N–H and O–H groups in total. The first kappa shape index (κ1) is 25.9. The first-order valence-electron chi connectivity index (χ1n) is 7.39. The van der Waals surface area contributed by atoms with Gasteiger partial charge in [0, 0.05) is 6.61 Å². The van der Waals surface area contributed by atoms with E-state index >= 15 is 0 Å². The van der Waals surface area contributed by atoms with Crippen LogP contribution in [0, 0.1) is 18.1 Å². The van der Waals surface area contributed by atoms with E-state index in [1.807, 2.05) is 24.3 Å². The molecule has 2 rings (SSSR count). The number of hydrogen-bond acceptors (Lipinski definition) is 1. The van der Waals surface area contributed by atoms with Crippen molar-refractivity contribution in [3.8, 4) is 0 Å². The third-order valence-electron chi connectivity index (χ3n) is 2.97. The molecule has 0 saturated carbocycles. The van der Waals surface area contributed by atoms with Crippen molar-refractivity contribution in [2.24, 2.45) is 5.92 Å². The fourth-order valence-corrected chi connectivity index (χ4v) is 1.60. The molecule has 0 heterocycles. The maximum Gasteiger partial charge on any atom is 2.00 e. The summed E-state index contributed by atoms with van der Waals surface area (Å²) in [7, 11) is 0. The van der Waals surface area contributed by atoms with Gasteiger partial charge in [0.25, 0.3) is 0 Å². The van der Waals surface area contributed by atoms with E-state index in [2.05, 4.69) is 38.2 Å². The summed E-state index contributed by atoms with van der Waals surface area (Å²) >= 11 is 0. The minimum absolute atomic E-state index is 0. The molecular weight excluding hydrogens is 316 g/mol. The van der Waals surface area contributed by atoms with Crippen LogP contribution in [0.4, 0.5) is 0 Å². The van der Waals surface area contributed by atoms with Crippen LogP contribution in [0.5, 0.6) is 0 Å². The number of allylic oxidation sites excluding steroid dienone is 8. The zero-order valence-corrected chi connectivity index (χ0v) is 15.7. The first-order chi connectivity index (χ1) is 9.35. The molecule has 0 amide bonds. The molecule has 118 valence electrons. The molecule has 0 aromatic heterocycles. The molecule has 21 heavy (non-hydrogen) atoms. The molecule has 1 atom stereocenters. The zero-order chi connectivity index (χ0) is 14.2. The molecule has 1 nitrogen and oxygen atoms in total. The van der Waals surface area contributed by atoms with Crippen LogP contribution in [0.2, 0.25) is 0 Å². The minimum atomic E-state index is 0. The number of aliphatic hydroxyl groups is 1. The summed E-state index contributed by atoms with van der Waals surface area (Å²) in [6.45, 7) is 4.69. The van der Waals surface area contributed by atoms with Crippen molar-refractivity contribution in [2.45, 2.75) is 52.4 Å². The zero-order valence-electron chi connectivity index (χ0n) is 13.3. The second kappa shape index (κ2) is 22.2. The minimum Gasteiger partial charge on any atom is -0.396 e. The molecule has 0 fully saturated rings. The molecule has 0 aromatic carbocycles. The first-order valence-corrected chi connectivity index (χ1v) is 7.39. The third-order valence-corrected chi connectivity index (χ3v) is 2.97. The quantitative estimate of drug-likeness (QED) is 0.535. The van der Waals surface area contributed by atoms with E-state index in [0.717, 1.165) is 19.3 Å². The number of unbranched alkanes of at least 4 members (excludes halogenated alkanes) is 1. The Morgan fingerprint density at radius 2 is 1.57 bits per heavy atom. The third kappa shape index (κ3) is 19.9. The van der Waals surface area contributed by atoms with Crippen LogP contribution in [0.1, 0.15) is 52.4 Å². The number of rotatable bonds is 5. The summed E-state index contributed by atoms with van der Waals surface area (Å²) in [5, 5.41) is 8.75. The predicted molar refractivity (Wildman–Crippen MR) is 90.8 cm³/mol. The molecule has 1 unspecified atom stereocenters. The maximum atomic E-state index is 8.75. The fourth-order valence-electron chi connectivity index (χ4n) is 1.60. The van der Waals surface area contributed by atoms with Gasteiger partial charge in [-0.2, -0.15) is 12.2 Å². The summed E-state index contributed by atoms with van der Waals surface area (Å²) in [6, 6.07) is 0. The van der Waals surface area contributed by atoms with Gasteiger partial charge in [-0.1, -0.05) is 33.1 Å². The van der Waals surface area contributed by atoms with E-state index in [-0.39, 0.29) is 34.1 Å². The van der Waals surface area contributed by atoms with Crippen LogP contribution >= 0.6 is 12.4 Å². The summed E-state index contributed by atoms with van der Waals surface area (Å²) in [6.07, 6.45) is 24.8. The molecular formula is C18H29ClOTi. The maximum absolute atomic E-state index is 8.75. The Labute approximate surface area is 152 Å². The van der Waals surface area contributed by atoms with Gasteiger partial charge in [0.05, 0.1) is 0 Å². The van der Waals surface area contributed by atoms with Gasteiger partial charge in [0.1, 0.15) is 0 Å². The molecule has 0 bridgehead atoms. The van der Waals surface area contributed by atoms with Gasteiger partial charge in [-0.05, 0) is 12.3 Å². The molecule has 3 heteroatoms. The number of halogens is 1. The van der Waals surface area contributed by atoms with E-state index in [4.69, 9.17) is 5.11 Å². The van der Waals surface area contributed by atoms with E-state index < -0.39 is 0 Å². The second-order valence-corrected chi connectivity index (χ2v) is 4.61. The summed E-state index contributed by atoms with van der Waals surface area (Å²) in [5.41, 5.74) is 0. The van der Waals surface area contributed by atoms with Gasteiger partial charge in [0.2, 0.25) is 0 Å². The van der Waals surface area contributed by atoms with Gasteiger partial charge < -0.3 is 5.11 Å². The molecule has 0 radical (unpaired) electrons. The molecule has 2 aliphatic carbocycles. The average molecular weight is 345 g/mol. The molecule has 0 aromatic rings. The molecule has 2 aliphatic rings. The Morgan fingerprint density at radius 3 is 1.76 bits per heavy atom. The fraction of sp³-hybridized carbons (Fsp3) is 0.556. The normalized spacial score (nSPS) is 14.2. The van der Waals surface area contributed by atoms with Gasteiger partial charge in [-0.15, -0.1) is 25.2 Å². The van der Waals surface area contributed by atoms with E-state index in [1.165, 1.54) is 19.3 Å². The van der Waals surface area contributed by atoms with Crippen molar-refractivity contribution in [1.29, 1.82) is 0 Å². The Kier molecular flexibility index (Phi) is 27.3. The van der Waals surface area contributed by atoms with Crippen molar-refractivity contribution in [3.63, 3.8) is 0 Å². The van der Waals surface area contributed by atoms with Gasteiger partial charge in [-0.3, -0.25) is 12.2 Å². The molecule has 0 aliphatic heterocycles. The van der Waals surface area contributed by atoms with Crippen molar-refractivity contribution in [2.75, 3.05) is 6.61 Å². The Morgan fingerprint density at radius 1 is 1.05 bits per heavy atom. The number of aliphatic hydroxyl groups excluding tert-OH is 1. The topological polar surface area (TPSA) is 20.2 Å². The molecule has 0 spiro atoms. The van der Waals surface area contributed by atoms with Crippen LogP contribution in [-0.2, 0) is 21.7 Å². The smallest absolute Gasteiger partial charge is 0.396 e. The number of hydrogen-bond donors (Lipinski definition) is 1. The van der Waals surface area contributed by atoms with E-state index in [0.29, 0.717) is 12.5 Å². The van der Waals surface area contributed by atoms with Crippen molar-refractivity contribution >= 4 is 12.4 Å². The Hall–Kier alpha value is -0.0757. The van der Waals surface area contributed by atoms with Gasteiger partial charge in [-0.25, -0.2) is 24.3 Å². The van der Waals surface area contributed by atoms with Crippen LogP contribution in [0.25, 0.3) is 0 Å². The van der Waals surface area contributed by atoms with Crippen LogP contribution in [0.15, 0.2) is 36.5 Å². The largest absolute Gasteiger partial charge is 2.00 e. The average Bonchev–Trinajstić information content (AvgIpc) is 3.18. The van der Waals surface area contributed by atoms with Crippen molar-refractivity contribution in [3.05, 3.63) is 48.6 Å².